The van der Waals surface area contributed by atoms with Gasteiger partial charge >= 0.3 is 6.09 Å². The number of benzene rings is 1. The largest absolute Gasteiger partial charge is 0.442 e. The fourth-order valence-corrected chi connectivity index (χ4v) is 1.24. The highest BCUT2D eigenvalue weighted by Gasteiger charge is 2.24. The standard InChI is InChI=1S/C10H10N2O2/c11-12-9(7-14-10(12)13)6-8-4-2-1-3-5-8/h1-6H,7,11H2. The zero-order valence-corrected chi connectivity index (χ0v) is 7.51. The molecule has 0 bridgehead atoms. The lowest BCUT2D eigenvalue weighted by molar-refractivity contribution is 0.159. The summed E-state index contributed by atoms with van der Waals surface area (Å²) in [6.07, 6.45) is 1.32. The Kier molecular flexibility index (Phi) is 2.20. The van der Waals surface area contributed by atoms with Crippen LogP contribution in [0.3, 0.4) is 0 Å². The highest BCUT2D eigenvalue weighted by molar-refractivity contribution is 5.74. The molecular formula is C10H10N2O2. The van der Waals surface area contributed by atoms with Gasteiger partial charge in [-0.2, -0.15) is 0 Å². The molecule has 1 fully saturated rings. The summed E-state index contributed by atoms with van der Waals surface area (Å²) in [4.78, 5) is 10.9. The van der Waals surface area contributed by atoms with Crippen LogP contribution >= 0.6 is 0 Å². The number of ether oxygens (including phenoxy) is 1. The average molecular weight is 190 g/mol. The maximum absolute atomic E-state index is 10.9. The van der Waals surface area contributed by atoms with Gasteiger partial charge in [-0.05, 0) is 11.6 Å². The van der Waals surface area contributed by atoms with Crippen molar-refractivity contribution >= 4 is 12.2 Å². The van der Waals surface area contributed by atoms with E-state index in [1.807, 2.05) is 36.4 Å². The Morgan fingerprint density at radius 3 is 2.64 bits per heavy atom. The van der Waals surface area contributed by atoms with Crippen molar-refractivity contribution in [2.75, 3.05) is 6.61 Å². The zero-order valence-electron chi connectivity index (χ0n) is 7.51. The number of hydrogen-bond acceptors (Lipinski definition) is 3. The van der Waals surface area contributed by atoms with Gasteiger partial charge in [0.05, 0.1) is 5.70 Å². The summed E-state index contributed by atoms with van der Waals surface area (Å²) in [7, 11) is 0. The van der Waals surface area contributed by atoms with E-state index in [-0.39, 0.29) is 6.61 Å². The van der Waals surface area contributed by atoms with Crippen LogP contribution in [0.25, 0.3) is 6.08 Å². The van der Waals surface area contributed by atoms with Crippen LogP contribution < -0.4 is 5.84 Å². The van der Waals surface area contributed by atoms with Gasteiger partial charge in [-0.25, -0.2) is 15.6 Å². The Balaban J connectivity index is 2.24. The van der Waals surface area contributed by atoms with Crippen LogP contribution in [0.2, 0.25) is 0 Å². The van der Waals surface area contributed by atoms with Gasteiger partial charge in [0, 0.05) is 0 Å². The summed E-state index contributed by atoms with van der Waals surface area (Å²) in [5.41, 5.74) is 1.66. The number of amides is 1. The van der Waals surface area contributed by atoms with Crippen molar-refractivity contribution in [1.82, 2.24) is 5.01 Å². The summed E-state index contributed by atoms with van der Waals surface area (Å²) in [5.74, 6) is 5.46. The number of hydrogen-bond donors (Lipinski definition) is 1. The number of cyclic esters (lactones) is 1. The normalized spacial score (nSPS) is 18.8. The van der Waals surface area contributed by atoms with Gasteiger partial charge < -0.3 is 4.74 Å². The van der Waals surface area contributed by atoms with Gasteiger partial charge in [0.2, 0.25) is 0 Å². The van der Waals surface area contributed by atoms with Crippen molar-refractivity contribution < 1.29 is 9.53 Å². The van der Waals surface area contributed by atoms with Gasteiger partial charge in [-0.15, -0.1) is 0 Å². The predicted molar refractivity (Wildman–Crippen MR) is 51.8 cm³/mol. The van der Waals surface area contributed by atoms with Gasteiger partial charge in [-0.3, -0.25) is 0 Å². The lowest BCUT2D eigenvalue weighted by Crippen LogP contribution is -2.29. The lowest BCUT2D eigenvalue weighted by Gasteiger charge is -2.05. The number of hydrazine groups is 1. The van der Waals surface area contributed by atoms with Crippen LogP contribution in [0.1, 0.15) is 5.56 Å². The number of rotatable bonds is 1. The zero-order chi connectivity index (χ0) is 9.97. The molecule has 2 rings (SSSR count). The Hall–Kier alpha value is -1.81. The second-order valence-corrected chi connectivity index (χ2v) is 2.97. The fourth-order valence-electron chi connectivity index (χ4n) is 1.24. The van der Waals surface area contributed by atoms with Crippen LogP contribution in [-0.4, -0.2) is 17.7 Å². The van der Waals surface area contributed by atoms with E-state index in [1.54, 1.807) is 0 Å². The van der Waals surface area contributed by atoms with Crippen LogP contribution in [0.15, 0.2) is 36.0 Å². The molecule has 1 heterocycles. The summed E-state index contributed by atoms with van der Waals surface area (Å²) in [6, 6.07) is 9.64. The van der Waals surface area contributed by atoms with Crippen molar-refractivity contribution in [3.63, 3.8) is 0 Å². The van der Waals surface area contributed by atoms with Crippen molar-refractivity contribution in [3.05, 3.63) is 41.6 Å². The highest BCUT2D eigenvalue weighted by Crippen LogP contribution is 2.15. The molecule has 1 aliphatic rings. The molecule has 0 unspecified atom stereocenters. The molecule has 0 saturated carbocycles. The molecule has 1 amide bonds. The number of nitrogens with zero attached hydrogens (tertiary/aromatic N) is 1. The van der Waals surface area contributed by atoms with E-state index < -0.39 is 6.09 Å². The molecule has 0 atom stereocenters. The molecule has 0 aromatic heterocycles. The molecule has 1 aromatic rings. The van der Waals surface area contributed by atoms with Crippen molar-refractivity contribution in [3.8, 4) is 0 Å². The Labute approximate surface area is 81.5 Å². The maximum atomic E-state index is 10.9. The molecule has 4 nitrogen and oxygen atoms in total. The van der Waals surface area contributed by atoms with E-state index in [4.69, 9.17) is 10.6 Å². The summed E-state index contributed by atoms with van der Waals surface area (Å²) in [6.45, 7) is 0.240. The average Bonchev–Trinajstić information content (AvgIpc) is 2.52. The van der Waals surface area contributed by atoms with Crippen LogP contribution in [0.5, 0.6) is 0 Å². The Bertz CT molecular complexity index is 373. The molecular weight excluding hydrogens is 180 g/mol. The van der Waals surface area contributed by atoms with Crippen LogP contribution in [-0.2, 0) is 4.74 Å². The van der Waals surface area contributed by atoms with E-state index in [0.717, 1.165) is 10.6 Å². The number of carbonyl (C=O) groups is 1. The van der Waals surface area contributed by atoms with Crippen LogP contribution in [0.4, 0.5) is 4.79 Å². The summed E-state index contributed by atoms with van der Waals surface area (Å²) < 4.78 is 4.74. The minimum atomic E-state index is -0.507. The molecule has 0 spiro atoms. The van der Waals surface area contributed by atoms with Gasteiger partial charge in [0.15, 0.2) is 0 Å². The molecule has 0 aliphatic carbocycles. The fraction of sp³-hybridized carbons (Fsp3) is 0.100. The van der Waals surface area contributed by atoms with E-state index >= 15 is 0 Å². The third-order valence-electron chi connectivity index (χ3n) is 1.98. The molecule has 1 saturated heterocycles. The molecule has 72 valence electrons. The second-order valence-electron chi connectivity index (χ2n) is 2.97. The SMILES string of the molecule is NN1C(=O)OCC1=Cc1ccccc1. The minimum Gasteiger partial charge on any atom is -0.442 e. The van der Waals surface area contributed by atoms with Gasteiger partial charge in [0.25, 0.3) is 0 Å². The molecule has 2 N–H and O–H groups in total. The smallest absolute Gasteiger partial charge is 0.429 e. The van der Waals surface area contributed by atoms with Crippen molar-refractivity contribution in [2.45, 2.75) is 0 Å². The molecule has 4 heteroatoms. The monoisotopic (exact) mass is 190 g/mol. The summed E-state index contributed by atoms with van der Waals surface area (Å²) in [5, 5.41) is 1.02. The van der Waals surface area contributed by atoms with E-state index in [2.05, 4.69) is 0 Å². The maximum Gasteiger partial charge on any atom is 0.429 e. The van der Waals surface area contributed by atoms with E-state index in [9.17, 15) is 4.79 Å². The number of carbonyl (C=O) groups excluding carboxylic acids is 1. The first kappa shape index (κ1) is 8.77. The number of nitrogens with two attached hydrogens (primary N) is 1. The van der Waals surface area contributed by atoms with Crippen molar-refractivity contribution in [1.29, 1.82) is 0 Å². The van der Waals surface area contributed by atoms with Gasteiger partial charge in [-0.1, -0.05) is 30.3 Å². The topological polar surface area (TPSA) is 55.6 Å². The third-order valence-corrected chi connectivity index (χ3v) is 1.98. The quantitative estimate of drug-likeness (QED) is 0.537. The molecule has 14 heavy (non-hydrogen) atoms. The summed E-state index contributed by atoms with van der Waals surface area (Å²) >= 11 is 0. The first-order valence-electron chi connectivity index (χ1n) is 4.24. The third kappa shape index (κ3) is 1.60. The van der Waals surface area contributed by atoms with Gasteiger partial charge in [0.1, 0.15) is 6.61 Å². The molecule has 1 aromatic carbocycles. The first-order chi connectivity index (χ1) is 6.77. The second kappa shape index (κ2) is 3.51. The molecule has 0 radical (unpaired) electrons. The molecule has 1 aliphatic heterocycles. The van der Waals surface area contributed by atoms with Crippen LogP contribution in [0, 0.1) is 0 Å². The Morgan fingerprint density at radius 1 is 1.36 bits per heavy atom. The predicted octanol–water partition coefficient (Wildman–Crippen LogP) is 1.35. The highest BCUT2D eigenvalue weighted by atomic mass is 16.6. The first-order valence-corrected chi connectivity index (χ1v) is 4.24. The Morgan fingerprint density at radius 2 is 2.07 bits per heavy atom. The van der Waals surface area contributed by atoms with E-state index in [1.165, 1.54) is 0 Å². The van der Waals surface area contributed by atoms with Crippen molar-refractivity contribution in [2.24, 2.45) is 5.84 Å². The minimum absolute atomic E-state index is 0.240. The lowest BCUT2D eigenvalue weighted by atomic mass is 10.2. The van der Waals surface area contributed by atoms with E-state index in [0.29, 0.717) is 5.70 Å².